The van der Waals surface area contributed by atoms with Crippen LogP contribution in [-0.2, 0) is 5.75 Å². The van der Waals surface area contributed by atoms with Crippen molar-refractivity contribution in [2.75, 3.05) is 20.2 Å². The summed E-state index contributed by atoms with van der Waals surface area (Å²) in [5.74, 6) is 2.23. The van der Waals surface area contributed by atoms with Gasteiger partial charge in [0.25, 0.3) is 0 Å². The largest absolute Gasteiger partial charge is 0.496 e. The minimum atomic E-state index is -0.249. The third-order valence-corrected chi connectivity index (χ3v) is 6.83. The molecule has 0 bridgehead atoms. The van der Waals surface area contributed by atoms with E-state index in [9.17, 15) is 4.39 Å². The first-order chi connectivity index (χ1) is 15.1. The van der Waals surface area contributed by atoms with Crippen LogP contribution in [0.2, 0.25) is 0 Å². The molecule has 0 radical (unpaired) electrons. The second-order valence-corrected chi connectivity index (χ2v) is 8.97. The Labute approximate surface area is 187 Å². The molecule has 164 valence electrons. The second-order valence-electron chi connectivity index (χ2n) is 8.03. The Hall–Kier alpha value is -2.38. The van der Waals surface area contributed by atoms with Crippen LogP contribution < -0.4 is 4.74 Å². The van der Waals surface area contributed by atoms with Crippen LogP contribution in [-0.4, -0.2) is 39.9 Å². The monoisotopic (exact) mass is 440 g/mol. The van der Waals surface area contributed by atoms with E-state index in [0.29, 0.717) is 5.75 Å². The molecule has 2 aromatic carbocycles. The van der Waals surface area contributed by atoms with Crippen LogP contribution in [0.5, 0.6) is 5.75 Å². The zero-order chi connectivity index (χ0) is 21.8. The summed E-state index contributed by atoms with van der Waals surface area (Å²) in [4.78, 5) is 2.46. The number of likely N-dealkylation sites (tertiary alicyclic amines) is 1. The maximum Gasteiger partial charge on any atom is 0.196 e. The summed E-state index contributed by atoms with van der Waals surface area (Å²) >= 11 is 1.62. The van der Waals surface area contributed by atoms with Gasteiger partial charge in [-0.05, 0) is 70.1 Å². The number of hydrogen-bond acceptors (Lipinski definition) is 5. The van der Waals surface area contributed by atoms with E-state index < -0.39 is 0 Å². The molecule has 31 heavy (non-hydrogen) atoms. The number of aryl methyl sites for hydroxylation is 1. The van der Waals surface area contributed by atoms with Crippen molar-refractivity contribution in [1.82, 2.24) is 19.7 Å². The van der Waals surface area contributed by atoms with Crippen LogP contribution in [0.4, 0.5) is 4.39 Å². The van der Waals surface area contributed by atoms with Crippen LogP contribution in [0, 0.1) is 12.7 Å². The maximum absolute atomic E-state index is 13.6. The molecule has 1 atom stereocenters. The van der Waals surface area contributed by atoms with Gasteiger partial charge in [-0.25, -0.2) is 4.39 Å². The predicted molar refractivity (Wildman–Crippen MR) is 122 cm³/mol. The molecule has 1 aliphatic rings. The Balaban J connectivity index is 1.66. The van der Waals surface area contributed by atoms with Crippen LogP contribution >= 0.6 is 11.8 Å². The first-order valence-corrected chi connectivity index (χ1v) is 11.8. The van der Waals surface area contributed by atoms with Gasteiger partial charge < -0.3 is 4.74 Å². The number of ether oxygens (including phenoxy) is 1. The molecule has 0 amide bonds. The van der Waals surface area contributed by atoms with Crippen molar-refractivity contribution >= 4 is 11.8 Å². The molecule has 4 rings (SSSR count). The summed E-state index contributed by atoms with van der Waals surface area (Å²) in [5.41, 5.74) is 3.19. The fourth-order valence-corrected chi connectivity index (χ4v) is 5.05. The third kappa shape index (κ3) is 4.93. The summed E-state index contributed by atoms with van der Waals surface area (Å²) in [7, 11) is 1.69. The summed E-state index contributed by atoms with van der Waals surface area (Å²) in [6.07, 6.45) is 3.71. The Bertz CT molecular complexity index is 1010. The molecule has 1 fully saturated rings. The van der Waals surface area contributed by atoms with E-state index in [2.05, 4.69) is 39.6 Å². The highest BCUT2D eigenvalue weighted by atomic mass is 32.2. The average molecular weight is 441 g/mol. The molecule has 1 aromatic heterocycles. The Morgan fingerprint density at radius 3 is 2.52 bits per heavy atom. The van der Waals surface area contributed by atoms with Crippen LogP contribution in [0.15, 0.2) is 47.6 Å². The van der Waals surface area contributed by atoms with E-state index >= 15 is 0 Å². The van der Waals surface area contributed by atoms with Gasteiger partial charge in [0.1, 0.15) is 11.6 Å². The van der Waals surface area contributed by atoms with Gasteiger partial charge >= 0.3 is 0 Å². The molecule has 5 nitrogen and oxygen atoms in total. The topological polar surface area (TPSA) is 43.2 Å². The third-order valence-electron chi connectivity index (χ3n) is 5.85. The van der Waals surface area contributed by atoms with E-state index in [1.165, 1.54) is 37.0 Å². The van der Waals surface area contributed by atoms with Gasteiger partial charge in [-0.2, -0.15) is 0 Å². The molecule has 0 spiro atoms. The van der Waals surface area contributed by atoms with Crippen molar-refractivity contribution < 1.29 is 9.13 Å². The normalized spacial score (nSPS) is 15.7. The van der Waals surface area contributed by atoms with Crippen molar-refractivity contribution in [2.45, 2.75) is 50.1 Å². The molecule has 0 saturated carbocycles. The molecule has 3 aromatic rings. The molecular weight excluding hydrogens is 411 g/mol. The zero-order valence-electron chi connectivity index (χ0n) is 18.3. The van der Waals surface area contributed by atoms with E-state index in [-0.39, 0.29) is 11.9 Å². The highest BCUT2D eigenvalue weighted by Gasteiger charge is 2.25. The van der Waals surface area contributed by atoms with Crippen LogP contribution in [0.3, 0.4) is 0 Å². The zero-order valence-corrected chi connectivity index (χ0v) is 19.2. The number of methoxy groups -OCH3 is 1. The number of piperidine rings is 1. The predicted octanol–water partition coefficient (Wildman–Crippen LogP) is 5.56. The van der Waals surface area contributed by atoms with E-state index in [4.69, 9.17) is 4.74 Å². The van der Waals surface area contributed by atoms with Crippen molar-refractivity contribution in [3.63, 3.8) is 0 Å². The van der Waals surface area contributed by atoms with E-state index in [0.717, 1.165) is 41.1 Å². The smallest absolute Gasteiger partial charge is 0.196 e. The Morgan fingerprint density at radius 2 is 1.81 bits per heavy atom. The molecule has 1 unspecified atom stereocenters. The van der Waals surface area contributed by atoms with Crippen molar-refractivity contribution in [3.8, 4) is 11.4 Å². The van der Waals surface area contributed by atoms with E-state index in [1.807, 2.05) is 12.1 Å². The Kier molecular flexibility index (Phi) is 6.92. The van der Waals surface area contributed by atoms with Crippen molar-refractivity contribution in [3.05, 3.63) is 65.2 Å². The van der Waals surface area contributed by atoms with Crippen LogP contribution in [0.25, 0.3) is 5.69 Å². The molecule has 7 heteroatoms. The minimum Gasteiger partial charge on any atom is -0.496 e. The van der Waals surface area contributed by atoms with Gasteiger partial charge in [0.2, 0.25) is 0 Å². The number of aromatic nitrogens is 3. The Morgan fingerprint density at radius 1 is 1.06 bits per heavy atom. The lowest BCUT2D eigenvalue weighted by atomic mass is 10.1. The summed E-state index contributed by atoms with van der Waals surface area (Å²) in [5, 5.41) is 9.93. The first kappa shape index (κ1) is 21.8. The molecule has 1 aliphatic heterocycles. The quantitative estimate of drug-likeness (QED) is 0.450. The van der Waals surface area contributed by atoms with Crippen molar-refractivity contribution in [1.29, 1.82) is 0 Å². The van der Waals surface area contributed by atoms with E-state index in [1.54, 1.807) is 31.0 Å². The molecular formula is C24H29FN4OS. The van der Waals surface area contributed by atoms with Gasteiger partial charge in [0.15, 0.2) is 11.0 Å². The fourth-order valence-electron chi connectivity index (χ4n) is 4.11. The molecule has 2 heterocycles. The highest BCUT2D eigenvalue weighted by Crippen LogP contribution is 2.32. The molecule has 0 N–H and O–H groups in total. The maximum atomic E-state index is 13.6. The molecule has 1 saturated heterocycles. The summed E-state index contributed by atoms with van der Waals surface area (Å²) < 4.78 is 21.2. The van der Waals surface area contributed by atoms with Gasteiger partial charge in [-0.3, -0.25) is 9.47 Å². The lowest BCUT2D eigenvalue weighted by Crippen LogP contribution is -2.33. The number of benzene rings is 2. The minimum absolute atomic E-state index is 0.140. The fraction of sp³-hybridized carbons (Fsp3) is 0.417. The SMILES string of the molecule is COc1ccc(C)cc1CSc1nnc(C(C)N2CCCCC2)n1-c1ccc(F)cc1. The van der Waals surface area contributed by atoms with Gasteiger partial charge in [-0.15, -0.1) is 10.2 Å². The first-order valence-electron chi connectivity index (χ1n) is 10.8. The van der Waals surface area contributed by atoms with Gasteiger partial charge in [0.05, 0.1) is 13.2 Å². The van der Waals surface area contributed by atoms with Gasteiger partial charge in [0, 0.05) is 17.0 Å². The average Bonchev–Trinajstić information content (AvgIpc) is 3.22. The number of thioether (sulfide) groups is 1. The standard InChI is InChI=1S/C24H29FN4OS/c1-17-7-12-22(30-3)19(15-17)16-31-24-27-26-23(18(2)28-13-5-4-6-14-28)29(24)21-10-8-20(25)9-11-21/h7-12,15,18H,4-6,13-14,16H2,1-3H3. The number of halogens is 1. The number of rotatable bonds is 7. The number of nitrogens with zero attached hydrogens (tertiary/aromatic N) is 4. The van der Waals surface area contributed by atoms with Gasteiger partial charge in [-0.1, -0.05) is 35.9 Å². The number of hydrogen-bond donors (Lipinski definition) is 0. The highest BCUT2D eigenvalue weighted by molar-refractivity contribution is 7.98. The van der Waals surface area contributed by atoms with Crippen molar-refractivity contribution in [2.24, 2.45) is 0 Å². The lowest BCUT2D eigenvalue weighted by molar-refractivity contribution is 0.167. The molecule has 0 aliphatic carbocycles. The summed E-state index contributed by atoms with van der Waals surface area (Å²) in [6.45, 7) is 6.40. The van der Waals surface area contributed by atoms with Crippen LogP contribution in [0.1, 0.15) is 49.2 Å². The summed E-state index contributed by atoms with van der Waals surface area (Å²) in [6, 6.07) is 12.9. The second kappa shape index (κ2) is 9.83. The lowest BCUT2D eigenvalue weighted by Gasteiger charge is -2.31.